The summed E-state index contributed by atoms with van der Waals surface area (Å²) in [5.41, 5.74) is 0.350. The van der Waals surface area contributed by atoms with Crippen molar-refractivity contribution in [3.8, 4) is 0 Å². The summed E-state index contributed by atoms with van der Waals surface area (Å²) in [6.07, 6.45) is 2.52. The molecule has 0 nitrogen and oxygen atoms in total. The van der Waals surface area contributed by atoms with Crippen LogP contribution in [0.4, 0.5) is 0 Å². The van der Waals surface area contributed by atoms with Crippen LogP contribution in [-0.4, -0.2) is 14.1 Å². The Kier molecular flexibility index (Phi) is 6.99. The van der Waals surface area contributed by atoms with Gasteiger partial charge in [0.05, 0.1) is 0 Å². The second-order valence-corrected chi connectivity index (χ2v) is 10.5. The second kappa shape index (κ2) is 6.87. The molecule has 16 heavy (non-hydrogen) atoms. The summed E-state index contributed by atoms with van der Waals surface area (Å²) in [6, 6.07) is 0. The van der Waals surface area contributed by atoms with Crippen LogP contribution < -0.4 is 0 Å². The van der Waals surface area contributed by atoms with Crippen molar-refractivity contribution >= 4 is 14.1 Å². The van der Waals surface area contributed by atoms with E-state index in [1.807, 2.05) is 0 Å². The molecule has 0 heterocycles. The molecule has 0 unspecified atom stereocenters. The van der Waals surface area contributed by atoms with Gasteiger partial charge in [-0.2, -0.15) is 0 Å². The van der Waals surface area contributed by atoms with Gasteiger partial charge in [0.2, 0.25) is 0 Å². The molecule has 0 bridgehead atoms. The molecule has 0 aliphatic rings. The molecule has 0 aromatic heterocycles. The van der Waals surface area contributed by atoms with Gasteiger partial charge in [-0.1, -0.05) is 83.9 Å². The molecule has 0 rings (SSSR count). The maximum absolute atomic E-state index is 2.52. The SMILES string of the molecule is C/[C](=C\C(C)(C)C)[Al]([CH2]C(C)C)[CH2]C(C)C. The van der Waals surface area contributed by atoms with Crippen LogP contribution >= 0.6 is 0 Å². The first-order valence-corrected chi connectivity index (χ1v) is 9.02. The molecular weight excluding hydrogens is 207 g/mol. The molecule has 0 saturated carbocycles. The van der Waals surface area contributed by atoms with Crippen LogP contribution in [0.25, 0.3) is 0 Å². The first-order chi connectivity index (χ1) is 7.11. The number of rotatable bonds is 5. The van der Waals surface area contributed by atoms with E-state index in [0.29, 0.717) is 5.41 Å². The minimum atomic E-state index is -0.682. The highest BCUT2D eigenvalue weighted by molar-refractivity contribution is 6.66. The molecule has 0 aliphatic carbocycles. The minimum absolute atomic E-state index is 0.350. The van der Waals surface area contributed by atoms with Crippen LogP contribution in [0.3, 0.4) is 0 Å². The van der Waals surface area contributed by atoms with E-state index in [9.17, 15) is 0 Å². The second-order valence-electron chi connectivity index (χ2n) is 7.21. The lowest BCUT2D eigenvalue weighted by molar-refractivity contribution is 0.541. The first kappa shape index (κ1) is 16.3. The van der Waals surface area contributed by atoms with Crippen LogP contribution in [0.1, 0.15) is 55.4 Å². The Morgan fingerprint density at radius 2 is 1.38 bits per heavy atom. The largest absolute Gasteiger partial charge is 0.298 e. The maximum Gasteiger partial charge on any atom is 0.298 e. The average molecular weight is 238 g/mol. The molecule has 94 valence electrons. The van der Waals surface area contributed by atoms with Gasteiger partial charge in [0.1, 0.15) is 0 Å². The van der Waals surface area contributed by atoms with Crippen molar-refractivity contribution in [2.24, 2.45) is 17.3 Å². The molecule has 0 radical (unpaired) electrons. The summed E-state index contributed by atoms with van der Waals surface area (Å²) < 4.78 is 1.73. The smallest absolute Gasteiger partial charge is 0.137 e. The summed E-state index contributed by atoms with van der Waals surface area (Å²) in [5.74, 6) is 1.72. The third-order valence-electron chi connectivity index (χ3n) is 2.82. The van der Waals surface area contributed by atoms with Crippen molar-refractivity contribution in [1.82, 2.24) is 0 Å². The van der Waals surface area contributed by atoms with E-state index in [2.05, 4.69) is 61.5 Å². The number of hydrogen-bond acceptors (Lipinski definition) is 0. The number of allylic oxidation sites excluding steroid dienone is 2. The zero-order valence-corrected chi connectivity index (χ0v) is 13.9. The van der Waals surface area contributed by atoms with Crippen LogP contribution in [-0.2, 0) is 0 Å². The fourth-order valence-corrected chi connectivity index (χ4v) is 6.35. The molecule has 0 N–H and O–H groups in total. The fourth-order valence-electron chi connectivity index (χ4n) is 2.41. The summed E-state index contributed by atoms with van der Waals surface area (Å²) >= 11 is -0.682. The summed E-state index contributed by atoms with van der Waals surface area (Å²) in [6.45, 7) is 18.8. The van der Waals surface area contributed by atoms with Gasteiger partial charge >= 0.3 is 0 Å². The Labute approximate surface area is 108 Å². The predicted molar refractivity (Wildman–Crippen MR) is 78.3 cm³/mol. The Bertz CT molecular complexity index is 208. The van der Waals surface area contributed by atoms with E-state index >= 15 is 0 Å². The van der Waals surface area contributed by atoms with Gasteiger partial charge in [-0.3, -0.25) is 0 Å². The van der Waals surface area contributed by atoms with E-state index in [1.165, 1.54) is 10.6 Å². The van der Waals surface area contributed by atoms with Crippen molar-refractivity contribution in [2.75, 3.05) is 0 Å². The van der Waals surface area contributed by atoms with E-state index < -0.39 is 14.1 Å². The van der Waals surface area contributed by atoms with Gasteiger partial charge in [-0.15, -0.1) is 4.44 Å². The summed E-state index contributed by atoms with van der Waals surface area (Å²) in [4.78, 5) is 0. The molecule has 0 atom stereocenters. The lowest BCUT2D eigenvalue weighted by Gasteiger charge is -2.21. The molecule has 0 amide bonds. The Morgan fingerprint density at radius 3 is 1.62 bits per heavy atom. The fraction of sp³-hybridized carbons (Fsp3) is 0.867. The van der Waals surface area contributed by atoms with E-state index in [-0.39, 0.29) is 0 Å². The van der Waals surface area contributed by atoms with Crippen molar-refractivity contribution in [2.45, 2.75) is 66.0 Å². The lowest BCUT2D eigenvalue weighted by Crippen LogP contribution is -2.21. The van der Waals surface area contributed by atoms with Crippen LogP contribution in [0, 0.1) is 17.3 Å². The predicted octanol–water partition coefficient (Wildman–Crippen LogP) is 5.32. The van der Waals surface area contributed by atoms with Crippen molar-refractivity contribution < 1.29 is 0 Å². The minimum Gasteiger partial charge on any atom is -0.137 e. The zero-order valence-electron chi connectivity index (χ0n) is 12.7. The third kappa shape index (κ3) is 8.43. The Morgan fingerprint density at radius 1 is 1.00 bits per heavy atom. The van der Waals surface area contributed by atoms with E-state index in [1.54, 1.807) is 4.44 Å². The highest BCUT2D eigenvalue weighted by atomic mass is 27.2. The van der Waals surface area contributed by atoms with Crippen molar-refractivity contribution in [3.63, 3.8) is 0 Å². The highest BCUT2D eigenvalue weighted by Crippen LogP contribution is 2.25. The molecule has 0 fully saturated rings. The van der Waals surface area contributed by atoms with Crippen molar-refractivity contribution in [1.29, 1.82) is 0 Å². The molecule has 1 heteroatoms. The van der Waals surface area contributed by atoms with Crippen molar-refractivity contribution in [3.05, 3.63) is 10.5 Å². The molecular formula is C15H31Al. The van der Waals surface area contributed by atoms with E-state index in [4.69, 9.17) is 0 Å². The van der Waals surface area contributed by atoms with Gasteiger partial charge < -0.3 is 0 Å². The van der Waals surface area contributed by atoms with Gasteiger partial charge in [-0.25, -0.2) is 0 Å². The van der Waals surface area contributed by atoms with Crippen LogP contribution in [0.5, 0.6) is 0 Å². The van der Waals surface area contributed by atoms with Gasteiger partial charge in [0.25, 0.3) is 14.1 Å². The monoisotopic (exact) mass is 238 g/mol. The summed E-state index contributed by atoms with van der Waals surface area (Å²) in [7, 11) is 0. The average Bonchev–Trinajstić information content (AvgIpc) is 1.97. The van der Waals surface area contributed by atoms with Crippen LogP contribution in [0.2, 0.25) is 10.6 Å². The molecule has 0 spiro atoms. The molecule has 0 aromatic carbocycles. The molecule has 0 aromatic rings. The zero-order chi connectivity index (χ0) is 12.9. The topological polar surface area (TPSA) is 0 Å². The highest BCUT2D eigenvalue weighted by Gasteiger charge is 2.23. The normalized spacial score (nSPS) is 13.8. The van der Waals surface area contributed by atoms with Crippen LogP contribution in [0.15, 0.2) is 10.5 Å². The maximum atomic E-state index is 2.52. The summed E-state index contributed by atoms with van der Waals surface area (Å²) in [5, 5.41) is 2.94. The van der Waals surface area contributed by atoms with Gasteiger partial charge in [0, 0.05) is 0 Å². The first-order valence-electron chi connectivity index (χ1n) is 6.81. The van der Waals surface area contributed by atoms with E-state index in [0.717, 1.165) is 11.8 Å². The lowest BCUT2D eigenvalue weighted by atomic mass is 9.96. The Hall–Kier alpha value is 0.272. The third-order valence-corrected chi connectivity index (χ3v) is 7.29. The molecule has 0 aliphatic heterocycles. The standard InChI is InChI=1S/C7H13.2C4H9.Al/c1-5-6-7(2,3)4;2*1-4(2)3;/h6H,1-4H3;2*4H,1H2,2-3H3;. The van der Waals surface area contributed by atoms with Gasteiger partial charge in [-0.05, 0) is 5.41 Å². The molecule has 0 saturated heterocycles. The quantitative estimate of drug-likeness (QED) is 0.568. The Balaban J connectivity index is 4.68. The number of hydrogen-bond donors (Lipinski definition) is 0. The van der Waals surface area contributed by atoms with Gasteiger partial charge in [0.15, 0.2) is 0 Å².